The third kappa shape index (κ3) is 2.97. The van der Waals surface area contributed by atoms with Crippen molar-refractivity contribution in [1.82, 2.24) is 15.3 Å². The van der Waals surface area contributed by atoms with Crippen molar-refractivity contribution in [2.75, 3.05) is 42.5 Å². The van der Waals surface area contributed by atoms with Crippen LogP contribution in [0.15, 0.2) is 12.4 Å². The zero-order valence-electron chi connectivity index (χ0n) is 11.7. The van der Waals surface area contributed by atoms with Gasteiger partial charge in [-0.05, 0) is 26.2 Å². The molecule has 2 aliphatic rings. The van der Waals surface area contributed by atoms with Gasteiger partial charge in [0.15, 0.2) is 0 Å². The number of piperidine rings is 1. The predicted molar refractivity (Wildman–Crippen MR) is 77.8 cm³/mol. The quantitative estimate of drug-likeness (QED) is 0.868. The van der Waals surface area contributed by atoms with Crippen LogP contribution in [0, 0.1) is 0 Å². The Morgan fingerprint density at radius 2 is 1.79 bits per heavy atom. The third-order valence-electron chi connectivity index (χ3n) is 4.01. The van der Waals surface area contributed by atoms with E-state index in [4.69, 9.17) is 0 Å². The lowest BCUT2D eigenvalue weighted by molar-refractivity contribution is 0.482. The Kier molecular flexibility index (Phi) is 3.82. The summed E-state index contributed by atoms with van der Waals surface area (Å²) in [6.45, 7) is 7.57. The van der Waals surface area contributed by atoms with E-state index in [2.05, 4.69) is 38.1 Å². The molecule has 1 aromatic rings. The molecule has 2 aliphatic heterocycles. The monoisotopic (exact) mass is 261 g/mol. The first kappa shape index (κ1) is 12.7. The van der Waals surface area contributed by atoms with Crippen molar-refractivity contribution in [1.29, 1.82) is 0 Å². The van der Waals surface area contributed by atoms with Crippen molar-refractivity contribution in [3.05, 3.63) is 12.4 Å². The second kappa shape index (κ2) is 5.74. The van der Waals surface area contributed by atoms with E-state index in [1.165, 1.54) is 19.3 Å². The van der Waals surface area contributed by atoms with Crippen molar-refractivity contribution < 1.29 is 0 Å². The minimum atomic E-state index is 0.530. The lowest BCUT2D eigenvalue weighted by Gasteiger charge is -2.33. The topological polar surface area (TPSA) is 44.3 Å². The highest BCUT2D eigenvalue weighted by molar-refractivity contribution is 5.50. The smallest absolute Gasteiger partial charge is 0.134 e. The van der Waals surface area contributed by atoms with Crippen molar-refractivity contribution in [3.8, 4) is 0 Å². The molecule has 1 N–H and O–H groups in total. The molecule has 0 aromatic carbocycles. The van der Waals surface area contributed by atoms with Gasteiger partial charge in [0, 0.05) is 44.8 Å². The Hall–Kier alpha value is -1.36. The van der Waals surface area contributed by atoms with Gasteiger partial charge in [-0.25, -0.2) is 9.97 Å². The number of aromatic nitrogens is 2. The van der Waals surface area contributed by atoms with Crippen LogP contribution in [0.1, 0.15) is 26.2 Å². The van der Waals surface area contributed by atoms with Crippen LogP contribution in [0.2, 0.25) is 0 Å². The molecule has 2 saturated heterocycles. The SMILES string of the molecule is CC1CN(c2cc(N3CCCCC3)ncn2)CCN1. The molecule has 3 heterocycles. The molecule has 0 amide bonds. The Morgan fingerprint density at radius 1 is 1.05 bits per heavy atom. The summed E-state index contributed by atoms with van der Waals surface area (Å²) in [5.74, 6) is 2.17. The summed E-state index contributed by atoms with van der Waals surface area (Å²) in [6.07, 6.45) is 5.63. The fraction of sp³-hybridized carbons (Fsp3) is 0.714. The molecule has 1 aromatic heterocycles. The van der Waals surface area contributed by atoms with E-state index in [1.54, 1.807) is 6.33 Å². The lowest BCUT2D eigenvalue weighted by atomic mass is 10.1. The van der Waals surface area contributed by atoms with Gasteiger partial charge >= 0.3 is 0 Å². The normalized spacial score (nSPS) is 24.6. The third-order valence-corrected chi connectivity index (χ3v) is 4.01. The largest absolute Gasteiger partial charge is 0.356 e. The molecule has 0 spiro atoms. The average molecular weight is 261 g/mol. The molecule has 5 heteroatoms. The lowest BCUT2D eigenvalue weighted by Crippen LogP contribution is -2.49. The number of rotatable bonds is 2. The highest BCUT2D eigenvalue weighted by atomic mass is 15.3. The van der Waals surface area contributed by atoms with Gasteiger partial charge in [0.25, 0.3) is 0 Å². The molecule has 0 saturated carbocycles. The molecule has 0 aliphatic carbocycles. The Morgan fingerprint density at radius 3 is 2.53 bits per heavy atom. The highest BCUT2D eigenvalue weighted by Gasteiger charge is 2.19. The number of hydrogen-bond donors (Lipinski definition) is 1. The van der Waals surface area contributed by atoms with Crippen molar-refractivity contribution >= 4 is 11.6 Å². The molecule has 0 bridgehead atoms. The molecular formula is C14H23N5. The van der Waals surface area contributed by atoms with E-state index in [0.29, 0.717) is 6.04 Å². The number of anilines is 2. The maximum Gasteiger partial charge on any atom is 0.134 e. The molecule has 19 heavy (non-hydrogen) atoms. The summed E-state index contributed by atoms with van der Waals surface area (Å²) in [7, 11) is 0. The van der Waals surface area contributed by atoms with Crippen LogP contribution >= 0.6 is 0 Å². The molecule has 0 radical (unpaired) electrons. The van der Waals surface area contributed by atoms with Crippen molar-refractivity contribution in [3.63, 3.8) is 0 Å². The van der Waals surface area contributed by atoms with E-state index < -0.39 is 0 Å². The van der Waals surface area contributed by atoms with Gasteiger partial charge in [-0.1, -0.05) is 0 Å². The summed E-state index contributed by atoms with van der Waals surface area (Å²) in [4.78, 5) is 13.6. The van der Waals surface area contributed by atoms with Crippen molar-refractivity contribution in [2.45, 2.75) is 32.2 Å². The molecule has 2 fully saturated rings. The zero-order chi connectivity index (χ0) is 13.1. The minimum Gasteiger partial charge on any atom is -0.356 e. The minimum absolute atomic E-state index is 0.530. The first-order valence-corrected chi connectivity index (χ1v) is 7.38. The Balaban J connectivity index is 1.75. The van der Waals surface area contributed by atoms with Crippen LogP contribution in [0.3, 0.4) is 0 Å². The van der Waals surface area contributed by atoms with Gasteiger partial charge in [0.05, 0.1) is 0 Å². The summed E-state index contributed by atoms with van der Waals surface area (Å²) < 4.78 is 0. The molecule has 1 unspecified atom stereocenters. The summed E-state index contributed by atoms with van der Waals surface area (Å²) in [5.41, 5.74) is 0. The number of nitrogens with one attached hydrogen (secondary N) is 1. The maximum absolute atomic E-state index is 4.45. The van der Waals surface area contributed by atoms with Crippen LogP contribution < -0.4 is 15.1 Å². The standard InChI is InChI=1S/C14H23N5/c1-12-10-19(8-5-15-12)14-9-13(16-11-17-14)18-6-3-2-4-7-18/h9,11-12,15H,2-8,10H2,1H3. The number of nitrogens with zero attached hydrogens (tertiary/aromatic N) is 4. The zero-order valence-corrected chi connectivity index (χ0v) is 11.7. The Labute approximate surface area is 115 Å². The van der Waals surface area contributed by atoms with Gasteiger partial charge < -0.3 is 15.1 Å². The predicted octanol–water partition coefficient (Wildman–Crippen LogP) is 1.26. The molecule has 104 valence electrons. The summed E-state index contributed by atoms with van der Waals surface area (Å²) in [6, 6.07) is 2.69. The van der Waals surface area contributed by atoms with Crippen molar-refractivity contribution in [2.24, 2.45) is 0 Å². The molecule has 1 atom stereocenters. The molecule has 3 rings (SSSR count). The van der Waals surface area contributed by atoms with E-state index in [1.807, 2.05) is 0 Å². The van der Waals surface area contributed by atoms with Gasteiger partial charge in [-0.15, -0.1) is 0 Å². The van der Waals surface area contributed by atoms with Gasteiger partial charge in [0.1, 0.15) is 18.0 Å². The molecule has 5 nitrogen and oxygen atoms in total. The van der Waals surface area contributed by atoms with E-state index in [-0.39, 0.29) is 0 Å². The fourth-order valence-electron chi connectivity index (χ4n) is 2.95. The number of hydrogen-bond acceptors (Lipinski definition) is 5. The Bertz CT molecular complexity index is 416. The second-order valence-electron chi connectivity index (χ2n) is 5.58. The first-order valence-electron chi connectivity index (χ1n) is 7.38. The first-order chi connectivity index (χ1) is 9.33. The summed E-state index contributed by atoms with van der Waals surface area (Å²) in [5, 5.41) is 3.46. The van der Waals surface area contributed by atoms with E-state index in [9.17, 15) is 0 Å². The van der Waals surface area contributed by atoms with Crippen LogP contribution in [0.4, 0.5) is 11.6 Å². The van der Waals surface area contributed by atoms with Crippen LogP contribution in [0.5, 0.6) is 0 Å². The van der Waals surface area contributed by atoms with Gasteiger partial charge in [-0.2, -0.15) is 0 Å². The van der Waals surface area contributed by atoms with E-state index in [0.717, 1.165) is 44.4 Å². The fourth-order valence-corrected chi connectivity index (χ4v) is 2.95. The van der Waals surface area contributed by atoms with Crippen LogP contribution in [-0.4, -0.2) is 48.7 Å². The highest BCUT2D eigenvalue weighted by Crippen LogP contribution is 2.21. The molecular weight excluding hydrogens is 238 g/mol. The number of piperazine rings is 1. The van der Waals surface area contributed by atoms with Crippen LogP contribution in [0.25, 0.3) is 0 Å². The van der Waals surface area contributed by atoms with E-state index >= 15 is 0 Å². The second-order valence-corrected chi connectivity index (χ2v) is 5.58. The van der Waals surface area contributed by atoms with Gasteiger partial charge in [-0.3, -0.25) is 0 Å². The van der Waals surface area contributed by atoms with Crippen LogP contribution in [-0.2, 0) is 0 Å². The summed E-state index contributed by atoms with van der Waals surface area (Å²) >= 11 is 0. The van der Waals surface area contributed by atoms with Gasteiger partial charge in [0.2, 0.25) is 0 Å². The maximum atomic E-state index is 4.45. The average Bonchev–Trinajstić information content (AvgIpc) is 2.48.